The zero-order valence-electron chi connectivity index (χ0n) is 12.3. The Morgan fingerprint density at radius 3 is 2.84 bits per heavy atom. The Morgan fingerprint density at radius 1 is 1.42 bits per heavy atom. The molecule has 0 amide bonds. The number of rotatable bonds is 5. The number of hydrogen-bond donors (Lipinski definition) is 2. The van der Waals surface area contributed by atoms with Crippen LogP contribution in [0.5, 0.6) is 0 Å². The molecule has 0 aromatic heterocycles. The predicted molar refractivity (Wildman–Crippen MR) is 80.6 cm³/mol. The van der Waals surface area contributed by atoms with Crippen molar-refractivity contribution in [2.45, 2.75) is 39.8 Å². The maximum absolute atomic E-state index is 9.56. The standard InChI is InChI=1S/C16H26N2O/c1-4-17-10-14-5-6-15(9-13(14)3)18-8-7-12(2)16(18)11-19/h5-6,9,12,16-17,19H,4,7-8,10-11H2,1-3H3. The first-order valence-electron chi connectivity index (χ1n) is 7.35. The van der Waals surface area contributed by atoms with E-state index in [1.807, 2.05) is 0 Å². The molecule has 3 heteroatoms. The van der Waals surface area contributed by atoms with Crippen LogP contribution < -0.4 is 10.2 Å². The van der Waals surface area contributed by atoms with E-state index in [2.05, 4.69) is 49.2 Å². The highest BCUT2D eigenvalue weighted by atomic mass is 16.3. The Hall–Kier alpha value is -1.06. The van der Waals surface area contributed by atoms with Crippen LogP contribution in [0, 0.1) is 12.8 Å². The van der Waals surface area contributed by atoms with Gasteiger partial charge >= 0.3 is 0 Å². The van der Waals surface area contributed by atoms with Crippen molar-refractivity contribution >= 4 is 5.69 Å². The fourth-order valence-electron chi connectivity index (χ4n) is 2.92. The molecule has 3 nitrogen and oxygen atoms in total. The van der Waals surface area contributed by atoms with Gasteiger partial charge in [-0.3, -0.25) is 0 Å². The van der Waals surface area contributed by atoms with Gasteiger partial charge in [-0.2, -0.15) is 0 Å². The van der Waals surface area contributed by atoms with Crippen LogP contribution in [0.15, 0.2) is 18.2 Å². The van der Waals surface area contributed by atoms with E-state index >= 15 is 0 Å². The first kappa shape index (κ1) is 14.4. The Kier molecular flexibility index (Phi) is 4.83. The van der Waals surface area contributed by atoms with E-state index in [0.29, 0.717) is 5.92 Å². The molecule has 1 saturated heterocycles. The summed E-state index contributed by atoms with van der Waals surface area (Å²) >= 11 is 0. The average Bonchev–Trinajstić information content (AvgIpc) is 2.78. The number of anilines is 1. The zero-order valence-corrected chi connectivity index (χ0v) is 12.3. The van der Waals surface area contributed by atoms with Gasteiger partial charge in [-0.1, -0.05) is 19.9 Å². The number of hydrogen-bond acceptors (Lipinski definition) is 3. The summed E-state index contributed by atoms with van der Waals surface area (Å²) in [4.78, 5) is 2.36. The van der Waals surface area contributed by atoms with Gasteiger partial charge < -0.3 is 15.3 Å². The summed E-state index contributed by atoms with van der Waals surface area (Å²) in [5, 5.41) is 12.9. The smallest absolute Gasteiger partial charge is 0.0637 e. The third kappa shape index (κ3) is 3.10. The van der Waals surface area contributed by atoms with Crippen molar-refractivity contribution in [1.29, 1.82) is 0 Å². The van der Waals surface area contributed by atoms with Gasteiger partial charge in [0.25, 0.3) is 0 Å². The van der Waals surface area contributed by atoms with Crippen molar-refractivity contribution in [1.82, 2.24) is 5.32 Å². The maximum Gasteiger partial charge on any atom is 0.0637 e. The SMILES string of the molecule is CCNCc1ccc(N2CCC(C)C2CO)cc1C. The van der Waals surface area contributed by atoms with Crippen molar-refractivity contribution in [2.24, 2.45) is 5.92 Å². The molecule has 1 fully saturated rings. The molecule has 2 unspecified atom stereocenters. The van der Waals surface area contributed by atoms with E-state index in [9.17, 15) is 5.11 Å². The molecule has 19 heavy (non-hydrogen) atoms. The fraction of sp³-hybridized carbons (Fsp3) is 0.625. The van der Waals surface area contributed by atoms with Crippen LogP contribution in [-0.4, -0.2) is 30.8 Å². The fourth-order valence-corrected chi connectivity index (χ4v) is 2.92. The first-order chi connectivity index (χ1) is 9.17. The van der Waals surface area contributed by atoms with Crippen LogP contribution in [0.4, 0.5) is 5.69 Å². The first-order valence-corrected chi connectivity index (χ1v) is 7.35. The van der Waals surface area contributed by atoms with E-state index in [1.165, 1.54) is 23.2 Å². The van der Waals surface area contributed by atoms with Gasteiger partial charge in [-0.15, -0.1) is 0 Å². The summed E-state index contributed by atoms with van der Waals surface area (Å²) in [5.41, 5.74) is 3.94. The molecule has 0 spiro atoms. The second-order valence-corrected chi connectivity index (χ2v) is 5.60. The minimum Gasteiger partial charge on any atom is -0.394 e. The van der Waals surface area contributed by atoms with Crippen LogP contribution in [-0.2, 0) is 6.54 Å². The van der Waals surface area contributed by atoms with Gasteiger partial charge in [0.15, 0.2) is 0 Å². The van der Waals surface area contributed by atoms with Gasteiger partial charge in [0.2, 0.25) is 0 Å². The molecule has 0 bridgehead atoms. The number of nitrogens with zero attached hydrogens (tertiary/aromatic N) is 1. The van der Waals surface area contributed by atoms with Crippen molar-refractivity contribution in [3.8, 4) is 0 Å². The molecule has 2 atom stereocenters. The van der Waals surface area contributed by atoms with Crippen LogP contribution >= 0.6 is 0 Å². The van der Waals surface area contributed by atoms with Crippen molar-refractivity contribution in [3.63, 3.8) is 0 Å². The number of benzene rings is 1. The summed E-state index contributed by atoms with van der Waals surface area (Å²) in [5.74, 6) is 0.576. The molecule has 2 N–H and O–H groups in total. The van der Waals surface area contributed by atoms with Crippen molar-refractivity contribution in [2.75, 3.05) is 24.6 Å². The molecule has 1 aromatic carbocycles. The number of aliphatic hydroxyl groups is 1. The normalized spacial score (nSPS) is 23.1. The topological polar surface area (TPSA) is 35.5 Å². The largest absolute Gasteiger partial charge is 0.394 e. The number of nitrogens with one attached hydrogen (secondary N) is 1. The third-order valence-electron chi connectivity index (χ3n) is 4.29. The van der Waals surface area contributed by atoms with Crippen LogP contribution in [0.3, 0.4) is 0 Å². The average molecular weight is 262 g/mol. The zero-order chi connectivity index (χ0) is 13.8. The Balaban J connectivity index is 2.15. The molecule has 1 aliphatic heterocycles. The lowest BCUT2D eigenvalue weighted by atomic mass is 10.0. The van der Waals surface area contributed by atoms with Gasteiger partial charge in [-0.05, 0) is 49.1 Å². The van der Waals surface area contributed by atoms with E-state index < -0.39 is 0 Å². The van der Waals surface area contributed by atoms with Crippen molar-refractivity contribution < 1.29 is 5.11 Å². The minimum atomic E-state index is 0.249. The quantitative estimate of drug-likeness (QED) is 0.855. The molecule has 2 rings (SSSR count). The summed E-state index contributed by atoms with van der Waals surface area (Å²) in [6, 6.07) is 6.94. The van der Waals surface area contributed by atoms with E-state index in [-0.39, 0.29) is 12.6 Å². The summed E-state index contributed by atoms with van der Waals surface area (Å²) in [6.45, 7) is 9.76. The Bertz CT molecular complexity index is 419. The van der Waals surface area contributed by atoms with Crippen LogP contribution in [0.1, 0.15) is 31.4 Å². The highest BCUT2D eigenvalue weighted by Gasteiger charge is 2.30. The second-order valence-electron chi connectivity index (χ2n) is 5.60. The van der Waals surface area contributed by atoms with Crippen molar-refractivity contribution in [3.05, 3.63) is 29.3 Å². The van der Waals surface area contributed by atoms with E-state index in [0.717, 1.165) is 19.6 Å². The molecule has 1 aliphatic rings. The van der Waals surface area contributed by atoms with Crippen LogP contribution in [0.25, 0.3) is 0 Å². The summed E-state index contributed by atoms with van der Waals surface area (Å²) in [7, 11) is 0. The highest BCUT2D eigenvalue weighted by molar-refractivity contribution is 5.52. The molecule has 106 valence electrons. The van der Waals surface area contributed by atoms with Gasteiger partial charge in [-0.25, -0.2) is 0 Å². The maximum atomic E-state index is 9.56. The summed E-state index contributed by atoms with van der Waals surface area (Å²) < 4.78 is 0. The summed E-state index contributed by atoms with van der Waals surface area (Å²) in [6.07, 6.45) is 1.17. The lowest BCUT2D eigenvalue weighted by Crippen LogP contribution is -2.35. The Labute approximate surface area is 116 Å². The highest BCUT2D eigenvalue weighted by Crippen LogP contribution is 2.30. The number of aliphatic hydroxyl groups excluding tert-OH is 1. The van der Waals surface area contributed by atoms with E-state index in [4.69, 9.17) is 0 Å². The molecule has 1 aromatic rings. The lowest BCUT2D eigenvalue weighted by molar-refractivity contribution is 0.245. The van der Waals surface area contributed by atoms with E-state index in [1.54, 1.807) is 0 Å². The molecule has 0 aliphatic carbocycles. The molecule has 0 radical (unpaired) electrons. The molecular weight excluding hydrogens is 236 g/mol. The molecule has 1 heterocycles. The lowest BCUT2D eigenvalue weighted by Gasteiger charge is -2.28. The Morgan fingerprint density at radius 2 is 2.21 bits per heavy atom. The molecule has 0 saturated carbocycles. The molecular formula is C16H26N2O. The third-order valence-corrected chi connectivity index (χ3v) is 4.29. The van der Waals surface area contributed by atoms with Gasteiger partial charge in [0, 0.05) is 18.8 Å². The second kappa shape index (κ2) is 6.40. The monoisotopic (exact) mass is 262 g/mol. The van der Waals surface area contributed by atoms with Gasteiger partial charge in [0.1, 0.15) is 0 Å². The minimum absolute atomic E-state index is 0.249. The number of aryl methyl sites for hydroxylation is 1. The van der Waals surface area contributed by atoms with Gasteiger partial charge in [0.05, 0.1) is 12.6 Å². The predicted octanol–water partition coefficient (Wildman–Crippen LogP) is 2.31. The van der Waals surface area contributed by atoms with Crippen LogP contribution in [0.2, 0.25) is 0 Å².